The van der Waals surface area contributed by atoms with E-state index in [4.69, 9.17) is 4.74 Å². The van der Waals surface area contributed by atoms with Crippen molar-refractivity contribution >= 4 is 5.91 Å². The second-order valence-electron chi connectivity index (χ2n) is 5.72. The summed E-state index contributed by atoms with van der Waals surface area (Å²) in [7, 11) is 0. The molecule has 1 aliphatic rings. The van der Waals surface area contributed by atoms with Crippen molar-refractivity contribution in [3.63, 3.8) is 0 Å². The monoisotopic (exact) mass is 277 g/mol. The number of benzene rings is 1. The molecule has 1 fully saturated rings. The zero-order chi connectivity index (χ0) is 14.8. The molecule has 2 rings (SSSR count). The van der Waals surface area contributed by atoms with Crippen LogP contribution in [0.5, 0.6) is 5.75 Å². The molecule has 0 heterocycles. The average Bonchev–Trinajstić information content (AvgIpc) is 3.26. The molecule has 0 aromatic heterocycles. The van der Waals surface area contributed by atoms with Crippen molar-refractivity contribution in [3.8, 4) is 5.75 Å². The molecular weight excluding hydrogens is 254 g/mol. The van der Waals surface area contributed by atoms with Crippen LogP contribution >= 0.6 is 0 Å². The molecule has 20 heavy (non-hydrogen) atoms. The Morgan fingerprint density at radius 1 is 1.50 bits per heavy atom. The molecule has 1 aromatic rings. The van der Waals surface area contributed by atoms with E-state index in [0.717, 1.165) is 24.2 Å². The normalized spacial score (nSPS) is 17.4. The van der Waals surface area contributed by atoms with Gasteiger partial charge in [-0.2, -0.15) is 0 Å². The molecule has 110 valence electrons. The molecule has 1 atom stereocenters. The van der Waals surface area contributed by atoms with Crippen molar-refractivity contribution in [3.05, 3.63) is 29.3 Å². The lowest BCUT2D eigenvalue weighted by atomic mass is 9.96. The number of amides is 1. The maximum absolute atomic E-state index is 12.3. The molecule has 0 saturated heterocycles. The van der Waals surface area contributed by atoms with Gasteiger partial charge >= 0.3 is 0 Å². The third kappa shape index (κ3) is 3.12. The third-order valence-corrected chi connectivity index (χ3v) is 3.96. The Morgan fingerprint density at radius 2 is 2.20 bits per heavy atom. The molecule has 1 saturated carbocycles. The van der Waals surface area contributed by atoms with Gasteiger partial charge in [0.05, 0.1) is 18.8 Å². The van der Waals surface area contributed by atoms with Crippen LogP contribution in [0, 0.1) is 12.8 Å². The van der Waals surface area contributed by atoms with Gasteiger partial charge in [0.15, 0.2) is 0 Å². The highest BCUT2D eigenvalue weighted by Crippen LogP contribution is 2.39. The van der Waals surface area contributed by atoms with Gasteiger partial charge in [-0.1, -0.05) is 6.07 Å². The smallest absolute Gasteiger partial charge is 0.251 e. The summed E-state index contributed by atoms with van der Waals surface area (Å²) >= 11 is 0. The Morgan fingerprint density at radius 3 is 2.75 bits per heavy atom. The van der Waals surface area contributed by atoms with Gasteiger partial charge in [0, 0.05) is 5.56 Å². The molecule has 4 heteroatoms. The van der Waals surface area contributed by atoms with E-state index in [0.29, 0.717) is 18.1 Å². The number of nitrogens with one attached hydrogen (secondary N) is 1. The summed E-state index contributed by atoms with van der Waals surface area (Å²) in [6.45, 7) is 6.31. The van der Waals surface area contributed by atoms with Crippen LogP contribution in [-0.2, 0) is 0 Å². The van der Waals surface area contributed by atoms with E-state index in [2.05, 4.69) is 5.32 Å². The van der Waals surface area contributed by atoms with E-state index in [9.17, 15) is 9.90 Å². The van der Waals surface area contributed by atoms with Crippen molar-refractivity contribution in [2.45, 2.75) is 39.2 Å². The van der Waals surface area contributed by atoms with E-state index in [-0.39, 0.29) is 12.5 Å². The minimum absolute atomic E-state index is 0.0341. The predicted molar refractivity (Wildman–Crippen MR) is 78.0 cm³/mol. The first-order valence-corrected chi connectivity index (χ1v) is 7.17. The van der Waals surface area contributed by atoms with Crippen LogP contribution in [0.2, 0.25) is 0 Å². The standard InChI is InChI=1S/C16H23NO3/c1-4-20-14-9-12(6-5-11(14)2)15(19)17-16(3,10-18)13-7-8-13/h5-6,9,13,18H,4,7-8,10H2,1-3H3,(H,17,19). The van der Waals surface area contributed by atoms with E-state index in [1.807, 2.05) is 26.8 Å². The van der Waals surface area contributed by atoms with Crippen LogP contribution in [0.1, 0.15) is 42.6 Å². The van der Waals surface area contributed by atoms with Crippen LogP contribution in [0.15, 0.2) is 18.2 Å². The molecule has 4 nitrogen and oxygen atoms in total. The number of aryl methyl sites for hydroxylation is 1. The fraction of sp³-hybridized carbons (Fsp3) is 0.562. The summed E-state index contributed by atoms with van der Waals surface area (Å²) in [6.07, 6.45) is 2.13. The fourth-order valence-corrected chi connectivity index (χ4v) is 2.38. The van der Waals surface area contributed by atoms with Gasteiger partial charge in [0.25, 0.3) is 5.91 Å². The summed E-state index contributed by atoms with van der Waals surface area (Å²) < 4.78 is 5.51. The van der Waals surface area contributed by atoms with Gasteiger partial charge < -0.3 is 15.2 Å². The summed E-state index contributed by atoms with van der Waals surface area (Å²) in [5, 5.41) is 12.5. The van der Waals surface area contributed by atoms with E-state index in [1.165, 1.54) is 0 Å². The highest BCUT2D eigenvalue weighted by Gasteiger charge is 2.42. The second kappa shape index (κ2) is 5.83. The van der Waals surface area contributed by atoms with Gasteiger partial charge in [-0.05, 0) is 57.2 Å². The first-order chi connectivity index (χ1) is 9.50. The Balaban J connectivity index is 2.14. The van der Waals surface area contributed by atoms with Crippen LogP contribution in [0.25, 0.3) is 0 Å². The highest BCUT2D eigenvalue weighted by atomic mass is 16.5. The Kier molecular flexibility index (Phi) is 4.33. The molecule has 1 amide bonds. The zero-order valence-corrected chi connectivity index (χ0v) is 12.4. The number of carbonyl (C=O) groups excluding carboxylic acids is 1. The molecule has 0 spiro atoms. The third-order valence-electron chi connectivity index (χ3n) is 3.96. The predicted octanol–water partition coefficient (Wildman–Crippen LogP) is 2.28. The van der Waals surface area contributed by atoms with Crippen molar-refractivity contribution < 1.29 is 14.6 Å². The summed E-state index contributed by atoms with van der Waals surface area (Å²) in [4.78, 5) is 12.3. The van der Waals surface area contributed by atoms with Crippen molar-refractivity contribution in [1.29, 1.82) is 0 Å². The molecule has 1 aliphatic carbocycles. The van der Waals surface area contributed by atoms with Crippen LogP contribution in [0.3, 0.4) is 0 Å². The summed E-state index contributed by atoms with van der Waals surface area (Å²) in [5.41, 5.74) is 1.06. The largest absolute Gasteiger partial charge is 0.494 e. The van der Waals surface area contributed by atoms with Crippen molar-refractivity contribution in [1.82, 2.24) is 5.32 Å². The van der Waals surface area contributed by atoms with Gasteiger partial charge in [-0.3, -0.25) is 4.79 Å². The number of hydrogen-bond acceptors (Lipinski definition) is 3. The van der Waals surface area contributed by atoms with Gasteiger partial charge in [-0.15, -0.1) is 0 Å². The Hall–Kier alpha value is -1.55. The topological polar surface area (TPSA) is 58.6 Å². The van der Waals surface area contributed by atoms with Gasteiger partial charge in [-0.25, -0.2) is 0 Å². The minimum Gasteiger partial charge on any atom is -0.494 e. The highest BCUT2D eigenvalue weighted by molar-refractivity contribution is 5.95. The molecule has 2 N–H and O–H groups in total. The quantitative estimate of drug-likeness (QED) is 0.838. The van der Waals surface area contributed by atoms with Crippen LogP contribution in [0.4, 0.5) is 0 Å². The molecule has 0 radical (unpaired) electrons. The molecular formula is C16H23NO3. The van der Waals surface area contributed by atoms with Crippen molar-refractivity contribution in [2.24, 2.45) is 5.92 Å². The van der Waals surface area contributed by atoms with Crippen LogP contribution in [-0.4, -0.2) is 29.8 Å². The van der Waals surface area contributed by atoms with Gasteiger partial charge in [0.2, 0.25) is 0 Å². The molecule has 1 unspecified atom stereocenters. The maximum atomic E-state index is 12.3. The lowest BCUT2D eigenvalue weighted by Crippen LogP contribution is -2.50. The average molecular weight is 277 g/mol. The number of carbonyl (C=O) groups is 1. The number of ether oxygens (including phenoxy) is 1. The maximum Gasteiger partial charge on any atom is 0.251 e. The summed E-state index contributed by atoms with van der Waals surface area (Å²) in [6, 6.07) is 5.43. The number of aliphatic hydroxyl groups is 1. The lowest BCUT2D eigenvalue weighted by molar-refractivity contribution is 0.0824. The van der Waals surface area contributed by atoms with E-state index >= 15 is 0 Å². The SMILES string of the molecule is CCOc1cc(C(=O)NC(C)(CO)C2CC2)ccc1C. The number of rotatable bonds is 6. The van der Waals surface area contributed by atoms with Gasteiger partial charge in [0.1, 0.15) is 5.75 Å². The first kappa shape index (κ1) is 14.9. The zero-order valence-electron chi connectivity index (χ0n) is 12.4. The molecule has 1 aromatic carbocycles. The van der Waals surface area contributed by atoms with Crippen LogP contribution < -0.4 is 10.1 Å². The minimum atomic E-state index is -0.520. The first-order valence-electron chi connectivity index (χ1n) is 7.17. The second-order valence-corrected chi connectivity index (χ2v) is 5.72. The Labute approximate surface area is 120 Å². The van der Waals surface area contributed by atoms with E-state index < -0.39 is 5.54 Å². The summed E-state index contributed by atoms with van der Waals surface area (Å²) in [5.74, 6) is 0.958. The Bertz CT molecular complexity index is 496. The fourth-order valence-electron chi connectivity index (χ4n) is 2.38. The molecule has 0 bridgehead atoms. The number of hydrogen-bond donors (Lipinski definition) is 2. The number of aliphatic hydroxyl groups excluding tert-OH is 1. The van der Waals surface area contributed by atoms with E-state index in [1.54, 1.807) is 12.1 Å². The lowest BCUT2D eigenvalue weighted by Gasteiger charge is -2.28. The van der Waals surface area contributed by atoms with Crippen molar-refractivity contribution in [2.75, 3.05) is 13.2 Å². The molecule has 0 aliphatic heterocycles.